The van der Waals surface area contributed by atoms with Crippen molar-refractivity contribution >= 4 is 5.97 Å². The molecule has 9 heteroatoms. The maximum Gasteiger partial charge on any atom is 0.338 e. The van der Waals surface area contributed by atoms with E-state index in [1.807, 2.05) is 0 Å². The van der Waals surface area contributed by atoms with E-state index >= 15 is 0 Å². The highest BCUT2D eigenvalue weighted by Crippen LogP contribution is 2.49. The van der Waals surface area contributed by atoms with Gasteiger partial charge in [0.05, 0.1) is 17.4 Å². The number of rotatable bonds is 3. The fourth-order valence-corrected chi connectivity index (χ4v) is 3.65. The van der Waals surface area contributed by atoms with Gasteiger partial charge in [0.2, 0.25) is 0 Å². The number of piperidine rings is 1. The lowest BCUT2D eigenvalue weighted by Crippen LogP contribution is -2.54. The second kappa shape index (κ2) is 5.76. The Hall–Kier alpha value is -2.55. The van der Waals surface area contributed by atoms with Gasteiger partial charge in [-0.2, -0.15) is 5.32 Å². The number of nitrogens with one attached hydrogen (secondary N) is 1. The molecule has 3 rings (SSSR count). The first kappa shape index (κ1) is 17.3. The Morgan fingerprint density at radius 2 is 1.68 bits per heavy atom. The zero-order valence-electron chi connectivity index (χ0n) is 14.1. The highest BCUT2D eigenvalue weighted by atomic mass is 16.6. The fourth-order valence-electron chi connectivity index (χ4n) is 3.65. The van der Waals surface area contributed by atoms with Crippen molar-refractivity contribution in [2.24, 2.45) is 0 Å². The first-order valence-electron chi connectivity index (χ1n) is 7.98. The summed E-state index contributed by atoms with van der Waals surface area (Å²) in [6, 6.07) is 4.79. The van der Waals surface area contributed by atoms with E-state index in [0.717, 1.165) is 0 Å². The number of hydrogen-bond donors (Lipinski definition) is 1. The van der Waals surface area contributed by atoms with Crippen molar-refractivity contribution in [1.29, 1.82) is 0 Å². The number of carbonyl (C=O) groups excluding carboxylic acids is 1. The molecule has 0 aromatic heterocycles. The summed E-state index contributed by atoms with van der Waals surface area (Å²) in [4.78, 5) is 33.9. The van der Waals surface area contributed by atoms with Crippen molar-refractivity contribution in [1.82, 2.24) is 5.32 Å². The Labute approximate surface area is 143 Å². The minimum Gasteiger partial charge on any atom is -0.456 e. The molecule has 4 unspecified atom stereocenters. The molecule has 1 aliphatic heterocycles. The number of ether oxygens (including phenoxy) is 1. The van der Waals surface area contributed by atoms with Gasteiger partial charge in [-0.25, -0.2) is 4.79 Å². The van der Waals surface area contributed by atoms with Crippen LogP contribution in [-0.2, 0) is 4.74 Å². The van der Waals surface area contributed by atoms with Gasteiger partial charge in [-0.1, -0.05) is 6.07 Å². The molecule has 1 saturated heterocycles. The molecule has 0 amide bonds. The van der Waals surface area contributed by atoms with Crippen LogP contribution in [0.4, 0.5) is 0 Å². The molecule has 2 bridgehead atoms. The van der Waals surface area contributed by atoms with Crippen molar-refractivity contribution in [3.8, 4) is 0 Å². The Kier molecular flexibility index (Phi) is 3.98. The molecule has 0 spiro atoms. The number of nitro groups is 2. The zero-order chi connectivity index (χ0) is 18.5. The molecule has 1 aromatic carbocycles. The molecule has 1 aliphatic carbocycles. The summed E-state index contributed by atoms with van der Waals surface area (Å²) in [7, 11) is 0. The standard InChI is InChI=1S/C16H19N3O6/c1-16(2,3)25-15(20)8-4-5-9-10(6-8)12-7-11(9)13(18(21)22)17-14(12)19(23)24/h4-6,11-14,17H,7H2,1-3H3. The third-order valence-electron chi connectivity index (χ3n) is 4.59. The lowest BCUT2D eigenvalue weighted by molar-refractivity contribution is -0.582. The third-order valence-corrected chi connectivity index (χ3v) is 4.59. The van der Waals surface area contributed by atoms with Crippen LogP contribution >= 0.6 is 0 Å². The highest BCUT2D eigenvalue weighted by Gasteiger charge is 2.55. The Morgan fingerprint density at radius 3 is 2.20 bits per heavy atom. The van der Waals surface area contributed by atoms with E-state index in [4.69, 9.17) is 4.74 Å². The monoisotopic (exact) mass is 349 g/mol. The van der Waals surface area contributed by atoms with Gasteiger partial charge in [-0.15, -0.1) is 0 Å². The molecule has 1 aromatic rings. The topological polar surface area (TPSA) is 125 Å². The maximum absolute atomic E-state index is 12.3. The molecular formula is C16H19N3O6. The van der Waals surface area contributed by atoms with Crippen LogP contribution in [0, 0.1) is 20.2 Å². The van der Waals surface area contributed by atoms with Crippen molar-refractivity contribution in [2.75, 3.05) is 0 Å². The Morgan fingerprint density at radius 1 is 1.12 bits per heavy atom. The van der Waals surface area contributed by atoms with E-state index in [1.54, 1.807) is 39.0 Å². The van der Waals surface area contributed by atoms with Crippen LogP contribution in [0.2, 0.25) is 0 Å². The summed E-state index contributed by atoms with van der Waals surface area (Å²) in [6.07, 6.45) is -2.14. The summed E-state index contributed by atoms with van der Waals surface area (Å²) in [5, 5.41) is 25.2. The van der Waals surface area contributed by atoms with Crippen LogP contribution in [0.5, 0.6) is 0 Å². The Balaban J connectivity index is 2.00. The summed E-state index contributed by atoms with van der Waals surface area (Å²) in [5.41, 5.74) is 0.942. The van der Waals surface area contributed by atoms with Crippen LogP contribution in [0.1, 0.15) is 60.5 Å². The number of fused-ring (bicyclic) bond motifs is 5. The molecule has 0 saturated carbocycles. The fraction of sp³-hybridized carbons (Fsp3) is 0.562. The number of nitrogens with zero attached hydrogens (tertiary/aromatic N) is 2. The van der Waals surface area contributed by atoms with Gasteiger partial charge in [0.25, 0.3) is 12.3 Å². The average Bonchev–Trinajstić information content (AvgIpc) is 2.79. The lowest BCUT2D eigenvalue weighted by atomic mass is 9.92. The van der Waals surface area contributed by atoms with Gasteiger partial charge in [0, 0.05) is 9.85 Å². The maximum atomic E-state index is 12.3. The van der Waals surface area contributed by atoms with Crippen LogP contribution in [0.3, 0.4) is 0 Å². The molecule has 9 nitrogen and oxygen atoms in total. The van der Waals surface area contributed by atoms with Crippen LogP contribution in [0.15, 0.2) is 18.2 Å². The van der Waals surface area contributed by atoms with E-state index in [0.29, 0.717) is 23.1 Å². The van der Waals surface area contributed by atoms with Gasteiger partial charge in [-0.05, 0) is 50.5 Å². The first-order chi connectivity index (χ1) is 11.6. The molecule has 0 radical (unpaired) electrons. The summed E-state index contributed by atoms with van der Waals surface area (Å²) in [6.45, 7) is 5.25. The number of esters is 1. The third kappa shape index (κ3) is 3.07. The molecule has 25 heavy (non-hydrogen) atoms. The average molecular weight is 349 g/mol. The zero-order valence-corrected chi connectivity index (χ0v) is 14.1. The van der Waals surface area contributed by atoms with Crippen LogP contribution in [-0.4, -0.2) is 33.7 Å². The second-order valence-corrected chi connectivity index (χ2v) is 7.42. The van der Waals surface area contributed by atoms with Crippen molar-refractivity contribution in [2.45, 2.75) is 57.0 Å². The molecule has 2 aliphatic rings. The molecular weight excluding hydrogens is 330 g/mol. The lowest BCUT2D eigenvalue weighted by Gasteiger charge is -2.26. The van der Waals surface area contributed by atoms with Gasteiger partial charge in [0.15, 0.2) is 0 Å². The van der Waals surface area contributed by atoms with E-state index in [2.05, 4.69) is 5.32 Å². The largest absolute Gasteiger partial charge is 0.456 e. The summed E-state index contributed by atoms with van der Waals surface area (Å²) >= 11 is 0. The number of hydrogen-bond acceptors (Lipinski definition) is 7. The molecule has 1 N–H and O–H groups in total. The quantitative estimate of drug-likeness (QED) is 0.503. The molecule has 1 fully saturated rings. The van der Waals surface area contributed by atoms with Gasteiger partial charge in [-0.3, -0.25) is 20.2 Å². The highest BCUT2D eigenvalue weighted by molar-refractivity contribution is 5.90. The SMILES string of the molecule is CC(C)(C)OC(=O)c1ccc2c(c1)C1CC2C([N+](=O)[O-])NC1[N+](=O)[O-]. The Bertz CT molecular complexity index is 757. The van der Waals surface area contributed by atoms with Crippen molar-refractivity contribution < 1.29 is 19.4 Å². The van der Waals surface area contributed by atoms with Crippen molar-refractivity contribution in [3.63, 3.8) is 0 Å². The van der Waals surface area contributed by atoms with E-state index in [9.17, 15) is 25.0 Å². The number of benzene rings is 1. The molecule has 134 valence electrons. The van der Waals surface area contributed by atoms with Gasteiger partial charge in [0.1, 0.15) is 5.60 Å². The summed E-state index contributed by atoms with van der Waals surface area (Å²) in [5.74, 6) is -1.47. The van der Waals surface area contributed by atoms with E-state index in [-0.39, 0.29) is 0 Å². The smallest absolute Gasteiger partial charge is 0.338 e. The van der Waals surface area contributed by atoms with E-state index < -0.39 is 45.6 Å². The second-order valence-electron chi connectivity index (χ2n) is 7.42. The summed E-state index contributed by atoms with van der Waals surface area (Å²) < 4.78 is 5.33. The minimum absolute atomic E-state index is 0.293. The van der Waals surface area contributed by atoms with Crippen LogP contribution < -0.4 is 5.32 Å². The minimum atomic E-state index is -1.25. The number of carbonyl (C=O) groups is 1. The van der Waals surface area contributed by atoms with Crippen LogP contribution in [0.25, 0.3) is 0 Å². The first-order valence-corrected chi connectivity index (χ1v) is 7.98. The van der Waals surface area contributed by atoms with Gasteiger partial charge >= 0.3 is 5.97 Å². The van der Waals surface area contributed by atoms with Gasteiger partial charge < -0.3 is 4.74 Å². The molecule has 1 heterocycles. The van der Waals surface area contributed by atoms with E-state index in [1.165, 1.54) is 0 Å². The molecule has 4 atom stereocenters. The normalized spacial score (nSPS) is 27.5. The predicted molar refractivity (Wildman–Crippen MR) is 86.4 cm³/mol. The predicted octanol–water partition coefficient (Wildman–Crippen LogP) is 2.02. The van der Waals surface area contributed by atoms with Crippen molar-refractivity contribution in [3.05, 3.63) is 55.1 Å².